The first-order valence-corrected chi connectivity index (χ1v) is 10.8. The van der Waals surface area contributed by atoms with Gasteiger partial charge < -0.3 is 15.0 Å². The quantitative estimate of drug-likeness (QED) is 0.442. The molecule has 166 valence electrons. The smallest absolute Gasteiger partial charge is 0.152 e. The molecule has 4 rings (SSSR count). The highest BCUT2D eigenvalue weighted by molar-refractivity contribution is 5.60. The molecule has 0 radical (unpaired) electrons. The molecule has 0 aliphatic carbocycles. The van der Waals surface area contributed by atoms with Crippen LogP contribution in [-0.4, -0.2) is 29.8 Å². The van der Waals surface area contributed by atoms with Crippen LogP contribution < -0.4 is 5.32 Å². The van der Waals surface area contributed by atoms with Gasteiger partial charge >= 0.3 is 0 Å². The molecule has 4 aromatic rings. The molecule has 0 bridgehead atoms. The molecule has 0 fully saturated rings. The molecule has 1 aromatic carbocycles. The van der Waals surface area contributed by atoms with E-state index >= 15 is 0 Å². The third-order valence-corrected chi connectivity index (χ3v) is 5.50. The predicted octanol–water partition coefficient (Wildman–Crippen LogP) is 4.27. The Kier molecular flexibility index (Phi) is 6.43. The van der Waals surface area contributed by atoms with Gasteiger partial charge in [0.25, 0.3) is 0 Å². The topological polar surface area (TPSA) is 113 Å². The molecule has 3 heterocycles. The molecule has 0 saturated heterocycles. The maximum absolute atomic E-state index is 9.86. The van der Waals surface area contributed by atoms with Gasteiger partial charge in [-0.2, -0.15) is 5.26 Å². The minimum Gasteiger partial charge on any atom is -0.390 e. The molecule has 2 N–H and O–H groups in total. The molecular formula is C25H25N7O. The van der Waals surface area contributed by atoms with E-state index in [1.54, 1.807) is 6.33 Å². The van der Waals surface area contributed by atoms with Gasteiger partial charge in [0.15, 0.2) is 5.82 Å². The average molecular weight is 440 g/mol. The zero-order chi connectivity index (χ0) is 23.4. The summed E-state index contributed by atoms with van der Waals surface area (Å²) in [6, 6.07) is 15.5. The van der Waals surface area contributed by atoms with Crippen LogP contribution in [0.4, 0.5) is 5.82 Å². The van der Waals surface area contributed by atoms with Gasteiger partial charge in [0.05, 0.1) is 53.4 Å². The van der Waals surface area contributed by atoms with E-state index in [2.05, 4.69) is 38.5 Å². The van der Waals surface area contributed by atoms with Gasteiger partial charge in [-0.15, -0.1) is 10.2 Å². The number of aryl methyl sites for hydroxylation is 2. The first-order chi connectivity index (χ1) is 16.0. The summed E-state index contributed by atoms with van der Waals surface area (Å²) in [6.45, 7) is 5.78. The van der Waals surface area contributed by atoms with Crippen LogP contribution in [0.1, 0.15) is 47.5 Å². The number of nitrogens with one attached hydrogen (secondary N) is 1. The molecule has 0 unspecified atom stereocenters. The van der Waals surface area contributed by atoms with E-state index in [0.29, 0.717) is 28.5 Å². The SMILES string of the molecule is CC[C@H](Nc1nnc(-c2ccc(-n3cnc(C)c3)c(CO)n2)cc1C)c1ccc(C#N)cc1. The molecular weight excluding hydrogens is 414 g/mol. The second-order valence-corrected chi connectivity index (χ2v) is 7.84. The standard InChI is InChI=1S/C25H25N7O/c1-4-20(19-7-5-18(12-26)6-8-19)29-25-16(2)11-22(30-31-25)21-9-10-24(23(14-33)28-21)32-13-17(3)27-15-32/h5-11,13,15,20,33H,4,14H2,1-3H3,(H,29,31)/t20-/m0/s1. The van der Waals surface area contributed by atoms with Crippen LogP contribution in [0.2, 0.25) is 0 Å². The third kappa shape index (κ3) is 4.73. The fourth-order valence-electron chi connectivity index (χ4n) is 3.67. The van der Waals surface area contributed by atoms with Crippen LogP contribution in [0.25, 0.3) is 17.1 Å². The van der Waals surface area contributed by atoms with Crippen molar-refractivity contribution in [2.24, 2.45) is 0 Å². The number of aliphatic hydroxyl groups excluding tert-OH is 1. The summed E-state index contributed by atoms with van der Waals surface area (Å²) in [5.74, 6) is 0.697. The van der Waals surface area contributed by atoms with Crippen LogP contribution >= 0.6 is 0 Å². The molecule has 0 amide bonds. The summed E-state index contributed by atoms with van der Waals surface area (Å²) in [5, 5.41) is 31.1. The van der Waals surface area contributed by atoms with Crippen LogP contribution in [0.5, 0.6) is 0 Å². The first-order valence-electron chi connectivity index (χ1n) is 10.8. The van der Waals surface area contributed by atoms with E-state index in [1.165, 1.54) is 0 Å². The predicted molar refractivity (Wildman–Crippen MR) is 126 cm³/mol. The van der Waals surface area contributed by atoms with Crippen molar-refractivity contribution < 1.29 is 5.11 Å². The van der Waals surface area contributed by atoms with Crippen molar-refractivity contribution in [1.29, 1.82) is 5.26 Å². The van der Waals surface area contributed by atoms with Crippen molar-refractivity contribution >= 4 is 5.82 Å². The van der Waals surface area contributed by atoms with Gasteiger partial charge in [-0.05, 0) is 61.7 Å². The lowest BCUT2D eigenvalue weighted by Gasteiger charge is -2.19. The molecule has 0 aliphatic heterocycles. The summed E-state index contributed by atoms with van der Waals surface area (Å²) >= 11 is 0. The number of anilines is 1. The van der Waals surface area contributed by atoms with Gasteiger partial charge in [0, 0.05) is 6.20 Å². The van der Waals surface area contributed by atoms with Crippen LogP contribution in [0.3, 0.4) is 0 Å². The van der Waals surface area contributed by atoms with E-state index in [0.717, 1.165) is 28.9 Å². The molecule has 0 saturated carbocycles. The first kappa shape index (κ1) is 22.1. The summed E-state index contributed by atoms with van der Waals surface area (Å²) in [7, 11) is 0. The van der Waals surface area contributed by atoms with E-state index < -0.39 is 0 Å². The highest BCUT2D eigenvalue weighted by atomic mass is 16.3. The molecule has 0 aliphatic rings. The Morgan fingerprint density at radius 2 is 1.88 bits per heavy atom. The van der Waals surface area contributed by atoms with Gasteiger partial charge in [0.1, 0.15) is 5.69 Å². The number of pyridine rings is 1. The lowest BCUT2D eigenvalue weighted by molar-refractivity contribution is 0.276. The van der Waals surface area contributed by atoms with Crippen molar-refractivity contribution in [1.82, 2.24) is 24.7 Å². The largest absolute Gasteiger partial charge is 0.390 e. The van der Waals surface area contributed by atoms with E-state index in [-0.39, 0.29) is 12.6 Å². The molecule has 8 nitrogen and oxygen atoms in total. The maximum atomic E-state index is 9.86. The average Bonchev–Trinajstić information content (AvgIpc) is 3.29. The Labute approximate surface area is 192 Å². The number of hydrogen-bond acceptors (Lipinski definition) is 7. The Bertz CT molecular complexity index is 1310. The van der Waals surface area contributed by atoms with Crippen molar-refractivity contribution in [3.63, 3.8) is 0 Å². The number of hydrogen-bond donors (Lipinski definition) is 2. The number of rotatable bonds is 7. The molecule has 33 heavy (non-hydrogen) atoms. The highest BCUT2D eigenvalue weighted by Gasteiger charge is 2.15. The monoisotopic (exact) mass is 439 g/mol. The molecule has 8 heteroatoms. The van der Waals surface area contributed by atoms with Crippen molar-refractivity contribution in [3.8, 4) is 23.1 Å². The van der Waals surface area contributed by atoms with Crippen molar-refractivity contribution in [2.75, 3.05) is 5.32 Å². The number of benzene rings is 1. The lowest BCUT2D eigenvalue weighted by Crippen LogP contribution is -2.13. The summed E-state index contributed by atoms with van der Waals surface area (Å²) < 4.78 is 1.84. The number of nitrogens with zero attached hydrogens (tertiary/aromatic N) is 6. The van der Waals surface area contributed by atoms with Gasteiger partial charge in [0.2, 0.25) is 0 Å². The van der Waals surface area contributed by atoms with Gasteiger partial charge in [-0.25, -0.2) is 9.97 Å². The van der Waals surface area contributed by atoms with Crippen molar-refractivity contribution in [3.05, 3.63) is 83.1 Å². The minimum atomic E-state index is -0.199. The van der Waals surface area contributed by atoms with E-state index in [4.69, 9.17) is 5.26 Å². The Morgan fingerprint density at radius 3 is 2.48 bits per heavy atom. The Balaban J connectivity index is 1.58. The summed E-state index contributed by atoms with van der Waals surface area (Å²) in [5.41, 5.74) is 6.14. The van der Waals surface area contributed by atoms with Crippen molar-refractivity contribution in [2.45, 2.75) is 39.8 Å². The van der Waals surface area contributed by atoms with Crippen LogP contribution in [0, 0.1) is 25.2 Å². The Morgan fingerprint density at radius 1 is 1.09 bits per heavy atom. The second-order valence-electron chi connectivity index (χ2n) is 7.84. The number of aromatic nitrogens is 5. The third-order valence-electron chi connectivity index (χ3n) is 5.50. The normalized spacial score (nSPS) is 11.7. The molecule has 1 atom stereocenters. The minimum absolute atomic E-state index is 0.0497. The van der Waals surface area contributed by atoms with E-state index in [9.17, 15) is 5.11 Å². The van der Waals surface area contributed by atoms with Crippen LogP contribution in [0.15, 0.2) is 55.0 Å². The van der Waals surface area contributed by atoms with Gasteiger partial charge in [-0.1, -0.05) is 19.1 Å². The van der Waals surface area contributed by atoms with Crippen LogP contribution in [-0.2, 0) is 6.61 Å². The number of nitriles is 1. The van der Waals surface area contributed by atoms with Gasteiger partial charge in [-0.3, -0.25) is 0 Å². The fraction of sp³-hybridized carbons (Fsp3) is 0.240. The maximum Gasteiger partial charge on any atom is 0.152 e. The summed E-state index contributed by atoms with van der Waals surface area (Å²) in [6.07, 6.45) is 4.44. The zero-order valence-electron chi connectivity index (χ0n) is 18.8. The van der Waals surface area contributed by atoms with E-state index in [1.807, 2.05) is 67.1 Å². The fourth-order valence-corrected chi connectivity index (χ4v) is 3.67. The molecule has 3 aromatic heterocycles. The highest BCUT2D eigenvalue weighted by Crippen LogP contribution is 2.26. The number of aliphatic hydroxyl groups is 1. The summed E-state index contributed by atoms with van der Waals surface area (Å²) in [4.78, 5) is 8.85. The second kappa shape index (κ2) is 9.59. The number of imidazole rings is 1. The molecule has 0 spiro atoms. The Hall–Kier alpha value is -4.09. The zero-order valence-corrected chi connectivity index (χ0v) is 18.8. The lowest BCUT2D eigenvalue weighted by atomic mass is 10.0.